The van der Waals surface area contributed by atoms with Crippen LogP contribution in [-0.2, 0) is 4.57 Å². The molecule has 0 aromatic carbocycles. The molecule has 1 aromatic rings. The molecular weight excluding hydrogens is 262 g/mol. The number of nitrogens with zero attached hydrogens (tertiary/aromatic N) is 1. The minimum absolute atomic E-state index is 0.338. The van der Waals surface area contributed by atoms with Crippen molar-refractivity contribution >= 4 is 21.3 Å². The normalized spacial score (nSPS) is 14.8. The van der Waals surface area contributed by atoms with E-state index in [-0.39, 0.29) is 5.69 Å². The lowest BCUT2D eigenvalue weighted by atomic mass is 10.3. The quantitative estimate of drug-likeness (QED) is 0.294. The van der Waals surface area contributed by atoms with Gasteiger partial charge in [0.25, 0.3) is 0 Å². The van der Waals surface area contributed by atoms with Gasteiger partial charge in [0.2, 0.25) is 5.78 Å². The second-order valence-electron chi connectivity index (χ2n) is 2.91. The van der Waals surface area contributed by atoms with Crippen LogP contribution in [0.25, 0.3) is 0 Å². The summed E-state index contributed by atoms with van der Waals surface area (Å²) >= 11 is 0. The van der Waals surface area contributed by atoms with Gasteiger partial charge in [-0.3, -0.25) is 9.36 Å². The van der Waals surface area contributed by atoms with E-state index < -0.39 is 26.7 Å². The first-order valence-corrected chi connectivity index (χ1v) is 7.18. The van der Waals surface area contributed by atoms with Crippen LogP contribution in [0.4, 0.5) is 0 Å². The first-order valence-electron chi connectivity index (χ1n) is 3.79. The van der Waals surface area contributed by atoms with E-state index in [0.717, 1.165) is 12.5 Å². The summed E-state index contributed by atoms with van der Waals surface area (Å²) in [5, 5.41) is -2.58. The lowest BCUT2D eigenvalue weighted by Crippen LogP contribution is -2.24. The molecule has 0 aliphatic carbocycles. The van der Waals surface area contributed by atoms with Crippen molar-refractivity contribution in [1.29, 1.82) is 0 Å². The molecule has 1 rings (SSSR count). The lowest BCUT2D eigenvalue weighted by molar-refractivity contribution is 0.0985. The van der Waals surface area contributed by atoms with Crippen molar-refractivity contribution < 1.29 is 33.8 Å². The zero-order valence-corrected chi connectivity index (χ0v) is 9.42. The highest BCUT2D eigenvalue weighted by Crippen LogP contribution is 2.65. The Balaban J connectivity index is 3.15. The number of aromatic amines is 1. The van der Waals surface area contributed by atoms with Crippen LogP contribution >= 0.6 is 15.5 Å². The van der Waals surface area contributed by atoms with Gasteiger partial charge in [0.15, 0.2) is 0 Å². The van der Waals surface area contributed by atoms with Gasteiger partial charge in [0.05, 0.1) is 12.5 Å². The summed E-state index contributed by atoms with van der Waals surface area (Å²) in [7, 11) is -10.2. The van der Waals surface area contributed by atoms with Crippen molar-refractivity contribution in [3.05, 3.63) is 18.2 Å². The van der Waals surface area contributed by atoms with Crippen LogP contribution in [0, 0.1) is 0 Å². The fraction of sp³-hybridized carbons (Fsp3) is 0.200. The predicted molar refractivity (Wildman–Crippen MR) is 52.3 cm³/mol. The molecule has 6 N–H and O–H groups in total. The van der Waals surface area contributed by atoms with E-state index in [1.54, 1.807) is 0 Å². The van der Waals surface area contributed by atoms with Crippen LogP contribution in [0.15, 0.2) is 12.5 Å². The average molecular weight is 271 g/mol. The number of hydrogen-bond donors (Lipinski definition) is 6. The van der Waals surface area contributed by atoms with Crippen LogP contribution in [0.5, 0.6) is 0 Å². The maximum absolute atomic E-state index is 11.5. The zero-order chi connectivity index (χ0) is 12.6. The van der Waals surface area contributed by atoms with E-state index in [1.165, 1.54) is 0 Å². The summed E-state index contributed by atoms with van der Waals surface area (Å²) in [6, 6.07) is 0. The predicted octanol–water partition coefficient (Wildman–Crippen LogP) is -1.16. The lowest BCUT2D eigenvalue weighted by Gasteiger charge is -2.16. The first-order chi connectivity index (χ1) is 7.14. The molecule has 11 heteroatoms. The van der Waals surface area contributed by atoms with E-state index >= 15 is 0 Å². The second kappa shape index (κ2) is 4.31. The summed E-state index contributed by atoms with van der Waals surface area (Å²) in [5.74, 6) is -1.31. The molecule has 0 amide bonds. The summed E-state index contributed by atoms with van der Waals surface area (Å²) in [5.41, 5.74) is -0.338. The van der Waals surface area contributed by atoms with E-state index in [2.05, 4.69) is 9.97 Å². The summed E-state index contributed by atoms with van der Waals surface area (Å²) in [6.45, 7) is 0. The van der Waals surface area contributed by atoms with Gasteiger partial charge < -0.3 is 14.8 Å². The molecule has 1 heterocycles. The Morgan fingerprint density at radius 1 is 1.44 bits per heavy atom. The summed E-state index contributed by atoms with van der Waals surface area (Å²) in [4.78, 5) is 61.3. The molecule has 16 heavy (non-hydrogen) atoms. The van der Waals surface area contributed by atoms with E-state index in [0.29, 0.717) is 0 Å². The fourth-order valence-electron chi connectivity index (χ4n) is 1.04. The van der Waals surface area contributed by atoms with Crippen molar-refractivity contribution in [3.8, 4) is 0 Å². The number of carbonyl (C=O) groups excluding carboxylic acids is 1. The molecular formula is C5H9N2O7P2+. The Kier molecular flexibility index (Phi) is 3.61. The fourth-order valence-corrected chi connectivity index (χ4v) is 3.55. The topological polar surface area (TPSA) is 164 Å². The molecule has 0 bridgehead atoms. The minimum atomic E-state index is -5.19. The zero-order valence-electron chi connectivity index (χ0n) is 7.63. The number of nitrogens with one attached hydrogen (secondary N) is 1. The Labute approximate surface area is 89.5 Å². The van der Waals surface area contributed by atoms with Crippen molar-refractivity contribution in [1.82, 2.24) is 9.97 Å². The van der Waals surface area contributed by atoms with Crippen LogP contribution < -0.4 is 0 Å². The molecule has 0 aliphatic heterocycles. The van der Waals surface area contributed by atoms with Crippen molar-refractivity contribution in [2.45, 2.75) is 5.40 Å². The number of Topliss-reactive ketones (excluding diaryl/α,β-unsaturated/α-hetero) is 1. The maximum Gasteiger partial charge on any atom is 0.428 e. The first kappa shape index (κ1) is 13.4. The average Bonchev–Trinajstić information content (AvgIpc) is 2.48. The molecule has 1 atom stereocenters. The number of H-pyrrole nitrogens is 1. The number of ketones is 1. The van der Waals surface area contributed by atoms with Crippen LogP contribution in [0.3, 0.4) is 0 Å². The molecule has 1 aromatic heterocycles. The van der Waals surface area contributed by atoms with Gasteiger partial charge >= 0.3 is 20.9 Å². The maximum atomic E-state index is 11.5. The third-order valence-corrected chi connectivity index (χ3v) is 5.24. The van der Waals surface area contributed by atoms with Crippen molar-refractivity contribution in [2.75, 3.05) is 0 Å². The van der Waals surface area contributed by atoms with Gasteiger partial charge in [-0.1, -0.05) is 0 Å². The van der Waals surface area contributed by atoms with Crippen molar-refractivity contribution in [3.63, 3.8) is 0 Å². The van der Waals surface area contributed by atoms with E-state index in [4.69, 9.17) is 24.5 Å². The smallest absolute Gasteiger partial charge is 0.342 e. The van der Waals surface area contributed by atoms with Crippen LogP contribution in [0.2, 0.25) is 0 Å². The minimum Gasteiger partial charge on any atom is -0.342 e. The Morgan fingerprint density at radius 3 is 2.31 bits per heavy atom. The third kappa shape index (κ3) is 2.93. The second-order valence-corrected chi connectivity index (χ2v) is 6.75. The Bertz CT molecular complexity index is 418. The highest BCUT2D eigenvalue weighted by Gasteiger charge is 2.59. The molecule has 0 saturated carbocycles. The number of hydrogen-bond acceptors (Lipinski definition) is 6. The van der Waals surface area contributed by atoms with Gasteiger partial charge in [-0.05, 0) is 0 Å². The highest BCUT2D eigenvalue weighted by molar-refractivity contribution is 7.76. The summed E-state index contributed by atoms with van der Waals surface area (Å²) in [6.07, 6.45) is 2.01. The number of imidazole rings is 1. The van der Waals surface area contributed by atoms with Crippen LogP contribution in [0.1, 0.15) is 10.5 Å². The number of aromatic nitrogens is 2. The molecule has 0 spiro atoms. The van der Waals surface area contributed by atoms with Gasteiger partial charge in [-0.25, -0.2) is 4.98 Å². The Morgan fingerprint density at radius 2 is 2.00 bits per heavy atom. The molecule has 0 radical (unpaired) electrons. The van der Waals surface area contributed by atoms with E-state index in [9.17, 15) is 9.36 Å². The standard InChI is InChI=1S/C5H8N2O7P2/c8-4(3-1-6-2-7-3)5(15(9,10)11)16(12,13)14/h1-2,5,9-11H,(H2-,6,7,8,12,13,14)/p+1. The molecule has 0 aliphatic rings. The van der Waals surface area contributed by atoms with Gasteiger partial charge in [0, 0.05) is 0 Å². The molecule has 90 valence electrons. The largest absolute Gasteiger partial charge is 0.428 e. The van der Waals surface area contributed by atoms with Gasteiger partial charge in [-0.2, -0.15) is 14.7 Å². The van der Waals surface area contributed by atoms with Gasteiger partial charge in [-0.15, -0.1) is 0 Å². The van der Waals surface area contributed by atoms with Crippen LogP contribution in [-0.4, -0.2) is 45.6 Å². The molecule has 9 nitrogen and oxygen atoms in total. The third-order valence-electron chi connectivity index (χ3n) is 1.64. The van der Waals surface area contributed by atoms with Gasteiger partial charge in [0.1, 0.15) is 5.69 Å². The molecule has 0 fully saturated rings. The Hall–Kier alpha value is -0.660. The number of carbonyl (C=O) groups is 1. The highest BCUT2D eigenvalue weighted by atomic mass is 31.3. The number of rotatable bonds is 4. The van der Waals surface area contributed by atoms with E-state index in [1.807, 2.05) is 0 Å². The summed E-state index contributed by atoms with van der Waals surface area (Å²) < 4.78 is 10.9. The molecule has 0 saturated heterocycles. The van der Waals surface area contributed by atoms with Crippen molar-refractivity contribution in [2.24, 2.45) is 0 Å². The SMILES string of the molecule is O=C(c1cnc[nH]1)C(P(=O)(O)O)[P+](O)(O)O. The molecule has 1 unspecified atom stereocenters. The monoisotopic (exact) mass is 271 g/mol.